The SMILES string of the molecule is CCOc1ccc(CN(C)C(=O)C(F)(F)C(F)(F)F)cc1. The van der Waals surface area contributed by atoms with E-state index >= 15 is 0 Å². The van der Waals surface area contributed by atoms with Crippen LogP contribution in [-0.2, 0) is 11.3 Å². The summed E-state index contributed by atoms with van der Waals surface area (Å²) in [5.74, 6) is -7.15. The molecule has 0 bridgehead atoms. The Labute approximate surface area is 118 Å². The lowest BCUT2D eigenvalue weighted by Crippen LogP contribution is -2.50. The van der Waals surface area contributed by atoms with Crippen LogP contribution in [0.2, 0.25) is 0 Å². The zero-order chi connectivity index (χ0) is 16.3. The third-order valence-electron chi connectivity index (χ3n) is 2.63. The molecular formula is C13H14F5NO2. The van der Waals surface area contributed by atoms with Gasteiger partial charge in [-0.05, 0) is 24.6 Å². The van der Waals surface area contributed by atoms with Gasteiger partial charge >= 0.3 is 18.0 Å². The van der Waals surface area contributed by atoms with Gasteiger partial charge in [-0.25, -0.2) is 0 Å². The fourth-order valence-electron chi connectivity index (χ4n) is 1.56. The minimum atomic E-state index is -5.91. The number of carbonyl (C=O) groups excluding carboxylic acids is 1. The zero-order valence-electron chi connectivity index (χ0n) is 11.4. The van der Waals surface area contributed by atoms with Crippen LogP contribution in [0.4, 0.5) is 22.0 Å². The fraction of sp³-hybridized carbons (Fsp3) is 0.462. The van der Waals surface area contributed by atoms with Crippen LogP contribution in [0, 0.1) is 0 Å². The molecule has 3 nitrogen and oxygen atoms in total. The molecule has 1 amide bonds. The lowest BCUT2D eigenvalue weighted by Gasteiger charge is -2.24. The highest BCUT2D eigenvalue weighted by atomic mass is 19.4. The monoisotopic (exact) mass is 311 g/mol. The van der Waals surface area contributed by atoms with Crippen LogP contribution in [-0.4, -0.2) is 36.6 Å². The molecule has 0 aromatic heterocycles. The Bertz CT molecular complexity index is 484. The summed E-state index contributed by atoms with van der Waals surface area (Å²) in [6.45, 7) is 1.85. The Kier molecular flexibility index (Phi) is 5.14. The lowest BCUT2D eigenvalue weighted by atomic mass is 10.2. The van der Waals surface area contributed by atoms with Gasteiger partial charge in [-0.1, -0.05) is 12.1 Å². The van der Waals surface area contributed by atoms with E-state index in [0.717, 1.165) is 7.05 Å². The van der Waals surface area contributed by atoms with E-state index in [1.807, 2.05) is 0 Å². The maximum absolute atomic E-state index is 12.9. The van der Waals surface area contributed by atoms with Crippen LogP contribution in [0.5, 0.6) is 5.75 Å². The second-order valence-corrected chi connectivity index (χ2v) is 4.31. The van der Waals surface area contributed by atoms with Crippen LogP contribution in [0.25, 0.3) is 0 Å². The molecule has 118 valence electrons. The summed E-state index contributed by atoms with van der Waals surface area (Å²) in [6.07, 6.45) is -5.91. The van der Waals surface area contributed by atoms with Gasteiger partial charge in [0.2, 0.25) is 0 Å². The highest BCUT2D eigenvalue weighted by Crippen LogP contribution is 2.36. The van der Waals surface area contributed by atoms with Crippen molar-refractivity contribution < 1.29 is 31.5 Å². The number of alkyl halides is 5. The van der Waals surface area contributed by atoms with Crippen molar-refractivity contribution in [2.24, 2.45) is 0 Å². The molecule has 0 radical (unpaired) electrons. The van der Waals surface area contributed by atoms with Crippen molar-refractivity contribution in [3.05, 3.63) is 29.8 Å². The van der Waals surface area contributed by atoms with Crippen LogP contribution in [0.3, 0.4) is 0 Å². The van der Waals surface area contributed by atoms with Crippen LogP contribution >= 0.6 is 0 Å². The number of nitrogens with zero attached hydrogens (tertiary/aromatic N) is 1. The third-order valence-corrected chi connectivity index (χ3v) is 2.63. The standard InChI is InChI=1S/C13H14F5NO2/c1-3-21-10-6-4-9(5-7-10)8-19(2)11(20)12(14,15)13(16,17)18/h4-7H,3,8H2,1-2H3. The van der Waals surface area contributed by atoms with Gasteiger partial charge in [-0.2, -0.15) is 22.0 Å². The first-order valence-electron chi connectivity index (χ1n) is 6.01. The maximum atomic E-state index is 12.9. The van der Waals surface area contributed by atoms with E-state index in [2.05, 4.69) is 0 Å². The van der Waals surface area contributed by atoms with Crippen molar-refractivity contribution >= 4 is 5.91 Å². The van der Waals surface area contributed by atoms with E-state index in [1.165, 1.54) is 12.1 Å². The molecule has 0 saturated heterocycles. The van der Waals surface area contributed by atoms with E-state index in [1.54, 1.807) is 19.1 Å². The molecule has 1 aromatic carbocycles. The highest BCUT2D eigenvalue weighted by molar-refractivity contribution is 5.84. The van der Waals surface area contributed by atoms with Crippen molar-refractivity contribution in [3.8, 4) is 5.75 Å². The molecule has 0 spiro atoms. The summed E-state index contributed by atoms with van der Waals surface area (Å²) in [5, 5.41) is 0. The first-order chi connectivity index (χ1) is 9.59. The summed E-state index contributed by atoms with van der Waals surface area (Å²) >= 11 is 0. The summed E-state index contributed by atoms with van der Waals surface area (Å²) in [5.41, 5.74) is 0.410. The zero-order valence-corrected chi connectivity index (χ0v) is 11.4. The molecule has 1 aromatic rings. The molecule has 0 aliphatic heterocycles. The molecule has 0 fully saturated rings. The Morgan fingerprint density at radius 1 is 1.14 bits per heavy atom. The quantitative estimate of drug-likeness (QED) is 0.781. The van der Waals surface area contributed by atoms with Gasteiger partial charge in [0.05, 0.1) is 6.61 Å². The van der Waals surface area contributed by atoms with Crippen LogP contribution in [0.1, 0.15) is 12.5 Å². The molecule has 0 unspecified atom stereocenters. The van der Waals surface area contributed by atoms with Crippen molar-refractivity contribution in [1.82, 2.24) is 4.90 Å². The normalized spacial score (nSPS) is 12.1. The van der Waals surface area contributed by atoms with E-state index in [-0.39, 0.29) is 6.54 Å². The summed E-state index contributed by atoms with van der Waals surface area (Å²) in [6, 6.07) is 6.05. The average molecular weight is 311 g/mol. The Morgan fingerprint density at radius 3 is 2.10 bits per heavy atom. The minimum absolute atomic E-state index is 0.336. The first-order valence-corrected chi connectivity index (χ1v) is 6.01. The number of rotatable bonds is 5. The minimum Gasteiger partial charge on any atom is -0.494 e. The number of hydrogen-bond donors (Lipinski definition) is 0. The molecule has 0 N–H and O–H groups in total. The first kappa shape index (κ1) is 17.2. The molecule has 0 aliphatic rings. The predicted molar refractivity (Wildman–Crippen MR) is 65.1 cm³/mol. The number of ether oxygens (including phenoxy) is 1. The summed E-state index contributed by atoms with van der Waals surface area (Å²) < 4.78 is 67.3. The number of halogens is 5. The molecule has 0 atom stereocenters. The van der Waals surface area contributed by atoms with Gasteiger partial charge in [-0.15, -0.1) is 0 Å². The number of benzene rings is 1. The van der Waals surface area contributed by atoms with Crippen molar-refractivity contribution in [1.29, 1.82) is 0 Å². The Morgan fingerprint density at radius 2 is 1.67 bits per heavy atom. The molecular weight excluding hydrogens is 297 g/mol. The van der Waals surface area contributed by atoms with E-state index < -0.39 is 18.0 Å². The third kappa shape index (κ3) is 4.05. The highest BCUT2D eigenvalue weighted by Gasteiger charge is 2.64. The van der Waals surface area contributed by atoms with E-state index in [9.17, 15) is 26.7 Å². The Balaban J connectivity index is 2.76. The van der Waals surface area contributed by atoms with Gasteiger partial charge in [0.15, 0.2) is 0 Å². The maximum Gasteiger partial charge on any atom is 0.463 e. The van der Waals surface area contributed by atoms with Gasteiger partial charge < -0.3 is 9.64 Å². The number of carbonyl (C=O) groups is 1. The van der Waals surface area contributed by atoms with Gasteiger partial charge in [0.25, 0.3) is 0 Å². The number of hydrogen-bond acceptors (Lipinski definition) is 2. The second-order valence-electron chi connectivity index (χ2n) is 4.31. The number of amides is 1. The lowest BCUT2D eigenvalue weighted by molar-refractivity contribution is -0.274. The van der Waals surface area contributed by atoms with Gasteiger partial charge in [0.1, 0.15) is 5.75 Å². The fourth-order valence-corrected chi connectivity index (χ4v) is 1.56. The molecule has 21 heavy (non-hydrogen) atoms. The molecule has 1 rings (SSSR count). The van der Waals surface area contributed by atoms with Crippen molar-refractivity contribution in [3.63, 3.8) is 0 Å². The smallest absolute Gasteiger partial charge is 0.463 e. The topological polar surface area (TPSA) is 29.5 Å². The van der Waals surface area contributed by atoms with Crippen molar-refractivity contribution in [2.45, 2.75) is 25.6 Å². The Hall–Kier alpha value is -1.86. The van der Waals surface area contributed by atoms with Crippen molar-refractivity contribution in [2.75, 3.05) is 13.7 Å². The summed E-state index contributed by atoms with van der Waals surface area (Å²) in [4.78, 5) is 11.6. The molecule has 0 heterocycles. The van der Waals surface area contributed by atoms with Gasteiger partial charge in [-0.3, -0.25) is 4.79 Å². The molecule has 0 aliphatic carbocycles. The van der Waals surface area contributed by atoms with E-state index in [4.69, 9.17) is 4.74 Å². The molecule has 0 saturated carbocycles. The van der Waals surface area contributed by atoms with Crippen LogP contribution in [0.15, 0.2) is 24.3 Å². The van der Waals surface area contributed by atoms with E-state index in [0.29, 0.717) is 22.8 Å². The molecule has 8 heteroatoms. The average Bonchev–Trinajstić information content (AvgIpc) is 2.39. The summed E-state index contributed by atoms with van der Waals surface area (Å²) in [7, 11) is 0.887. The predicted octanol–water partition coefficient (Wildman–Crippen LogP) is 3.24. The van der Waals surface area contributed by atoms with Gasteiger partial charge in [0, 0.05) is 13.6 Å². The largest absolute Gasteiger partial charge is 0.494 e. The second kappa shape index (κ2) is 6.28. The van der Waals surface area contributed by atoms with Crippen LogP contribution < -0.4 is 4.74 Å².